The normalized spacial score (nSPS) is 30.2. The van der Waals surface area contributed by atoms with Gasteiger partial charge in [-0.25, -0.2) is 0 Å². The minimum Gasteiger partial charge on any atom is -0.383 e. The number of halogens is 3. The zero-order valence-electron chi connectivity index (χ0n) is 8.89. The lowest BCUT2D eigenvalue weighted by Crippen LogP contribution is -2.38. The summed E-state index contributed by atoms with van der Waals surface area (Å²) in [4.78, 5) is 0. The average Bonchev–Trinajstić information content (AvgIpc) is 2.17. The van der Waals surface area contributed by atoms with Crippen LogP contribution in [0.25, 0.3) is 0 Å². The van der Waals surface area contributed by atoms with Crippen molar-refractivity contribution in [1.29, 1.82) is 0 Å². The van der Waals surface area contributed by atoms with E-state index >= 15 is 0 Å². The van der Waals surface area contributed by atoms with Crippen molar-refractivity contribution >= 4 is 0 Å². The van der Waals surface area contributed by atoms with Gasteiger partial charge in [-0.3, -0.25) is 0 Å². The molecule has 1 fully saturated rings. The Morgan fingerprint density at radius 2 is 1.80 bits per heavy atom. The highest BCUT2D eigenvalue weighted by Crippen LogP contribution is 2.40. The standard InChI is InChI=1S/C10H18F3NO/c1-15-6-9(14)7-2-4-8(5-3-7)10(11,12)13/h7-9H,2-6,14H2,1H3. The second-order valence-electron chi connectivity index (χ2n) is 4.27. The fraction of sp³-hybridized carbons (Fsp3) is 1.00. The first kappa shape index (κ1) is 12.8. The lowest BCUT2D eigenvalue weighted by atomic mass is 9.78. The van der Waals surface area contributed by atoms with Gasteiger partial charge in [0, 0.05) is 13.2 Å². The van der Waals surface area contributed by atoms with Crippen LogP contribution in [0.4, 0.5) is 13.2 Å². The Balaban J connectivity index is 2.36. The van der Waals surface area contributed by atoms with Gasteiger partial charge in [-0.15, -0.1) is 0 Å². The van der Waals surface area contributed by atoms with Gasteiger partial charge in [0.15, 0.2) is 0 Å². The molecule has 1 atom stereocenters. The van der Waals surface area contributed by atoms with Gasteiger partial charge >= 0.3 is 6.18 Å². The van der Waals surface area contributed by atoms with E-state index in [4.69, 9.17) is 10.5 Å². The van der Waals surface area contributed by atoms with Gasteiger partial charge in [0.25, 0.3) is 0 Å². The van der Waals surface area contributed by atoms with Crippen molar-refractivity contribution in [3.8, 4) is 0 Å². The van der Waals surface area contributed by atoms with Crippen LogP contribution in [-0.4, -0.2) is 25.9 Å². The van der Waals surface area contributed by atoms with Gasteiger partial charge < -0.3 is 10.5 Å². The van der Waals surface area contributed by atoms with Crippen LogP contribution in [0.15, 0.2) is 0 Å². The molecule has 0 aliphatic heterocycles. The molecule has 0 amide bonds. The molecule has 5 heteroatoms. The molecule has 0 spiro atoms. The van der Waals surface area contributed by atoms with E-state index in [-0.39, 0.29) is 24.8 Å². The predicted octanol–water partition coefficient (Wildman–Crippen LogP) is 2.33. The molecule has 2 N–H and O–H groups in total. The van der Waals surface area contributed by atoms with Crippen molar-refractivity contribution in [3.63, 3.8) is 0 Å². The number of nitrogens with two attached hydrogens (primary N) is 1. The van der Waals surface area contributed by atoms with E-state index < -0.39 is 12.1 Å². The Labute approximate surface area is 88.0 Å². The Hall–Kier alpha value is -0.290. The molecule has 0 aromatic heterocycles. The van der Waals surface area contributed by atoms with E-state index in [2.05, 4.69) is 0 Å². The maximum absolute atomic E-state index is 12.4. The molecule has 1 aliphatic rings. The Bertz CT molecular complexity index is 188. The van der Waals surface area contributed by atoms with E-state index in [9.17, 15) is 13.2 Å². The molecule has 90 valence electrons. The monoisotopic (exact) mass is 225 g/mol. The summed E-state index contributed by atoms with van der Waals surface area (Å²) in [6.07, 6.45) is -2.48. The smallest absolute Gasteiger partial charge is 0.383 e. The van der Waals surface area contributed by atoms with Crippen LogP contribution in [0, 0.1) is 11.8 Å². The number of hydrogen-bond acceptors (Lipinski definition) is 2. The van der Waals surface area contributed by atoms with Gasteiger partial charge in [0.2, 0.25) is 0 Å². The van der Waals surface area contributed by atoms with Crippen molar-refractivity contribution in [2.45, 2.75) is 37.9 Å². The fourth-order valence-electron chi connectivity index (χ4n) is 2.20. The number of alkyl halides is 3. The summed E-state index contributed by atoms with van der Waals surface area (Å²) in [5.41, 5.74) is 5.81. The molecule has 0 heterocycles. The molecular formula is C10H18F3NO. The SMILES string of the molecule is COCC(N)C1CCC(C(F)(F)F)CC1. The number of methoxy groups -OCH3 is 1. The van der Waals surface area contributed by atoms with Crippen LogP contribution in [0.1, 0.15) is 25.7 Å². The van der Waals surface area contributed by atoms with Gasteiger partial charge in [0.1, 0.15) is 0 Å². The van der Waals surface area contributed by atoms with Crippen LogP contribution in [0.3, 0.4) is 0 Å². The lowest BCUT2D eigenvalue weighted by Gasteiger charge is -2.32. The zero-order chi connectivity index (χ0) is 11.5. The van der Waals surface area contributed by atoms with E-state index in [1.54, 1.807) is 7.11 Å². The third-order valence-electron chi connectivity index (χ3n) is 3.20. The van der Waals surface area contributed by atoms with Crippen LogP contribution in [-0.2, 0) is 4.74 Å². The van der Waals surface area contributed by atoms with Gasteiger partial charge in [-0.1, -0.05) is 0 Å². The maximum atomic E-state index is 12.4. The number of hydrogen-bond donors (Lipinski definition) is 1. The predicted molar refractivity (Wildman–Crippen MR) is 51.4 cm³/mol. The molecule has 0 saturated heterocycles. The molecule has 1 saturated carbocycles. The third-order valence-corrected chi connectivity index (χ3v) is 3.20. The van der Waals surface area contributed by atoms with Crippen LogP contribution >= 0.6 is 0 Å². The molecule has 0 aromatic rings. The minimum atomic E-state index is -4.03. The summed E-state index contributed by atoms with van der Waals surface area (Å²) in [5.74, 6) is -0.938. The summed E-state index contributed by atoms with van der Waals surface area (Å²) in [5, 5.41) is 0. The van der Waals surface area contributed by atoms with Crippen molar-refractivity contribution < 1.29 is 17.9 Å². The van der Waals surface area contributed by atoms with Gasteiger partial charge in [-0.2, -0.15) is 13.2 Å². The average molecular weight is 225 g/mol. The van der Waals surface area contributed by atoms with E-state index in [1.807, 2.05) is 0 Å². The highest BCUT2D eigenvalue weighted by molar-refractivity contribution is 4.82. The fourth-order valence-corrected chi connectivity index (χ4v) is 2.20. The molecule has 0 aromatic carbocycles. The van der Waals surface area contributed by atoms with Gasteiger partial charge in [-0.05, 0) is 31.6 Å². The number of ether oxygens (including phenoxy) is 1. The summed E-state index contributed by atoms with van der Waals surface area (Å²) < 4.78 is 42.0. The molecule has 1 aliphatic carbocycles. The molecule has 1 rings (SSSR count). The molecule has 15 heavy (non-hydrogen) atoms. The van der Waals surface area contributed by atoms with Crippen LogP contribution < -0.4 is 5.73 Å². The second-order valence-corrected chi connectivity index (χ2v) is 4.27. The van der Waals surface area contributed by atoms with Crippen molar-refractivity contribution in [1.82, 2.24) is 0 Å². The lowest BCUT2D eigenvalue weighted by molar-refractivity contribution is -0.184. The second kappa shape index (κ2) is 5.16. The zero-order valence-corrected chi connectivity index (χ0v) is 8.89. The first-order valence-corrected chi connectivity index (χ1v) is 5.26. The van der Waals surface area contributed by atoms with Crippen molar-refractivity contribution in [2.24, 2.45) is 17.6 Å². The summed E-state index contributed by atoms with van der Waals surface area (Å²) in [7, 11) is 1.56. The Kier molecular flexibility index (Phi) is 4.40. The molecule has 0 radical (unpaired) electrons. The first-order chi connectivity index (χ1) is 6.95. The van der Waals surface area contributed by atoms with E-state index in [0.717, 1.165) is 0 Å². The molecule has 2 nitrogen and oxygen atoms in total. The minimum absolute atomic E-state index is 0.121. The largest absolute Gasteiger partial charge is 0.391 e. The topological polar surface area (TPSA) is 35.2 Å². The van der Waals surface area contributed by atoms with Gasteiger partial charge in [0.05, 0.1) is 12.5 Å². The highest BCUT2D eigenvalue weighted by atomic mass is 19.4. The molecule has 0 bridgehead atoms. The van der Waals surface area contributed by atoms with E-state index in [1.165, 1.54) is 0 Å². The van der Waals surface area contributed by atoms with Crippen molar-refractivity contribution in [2.75, 3.05) is 13.7 Å². The summed E-state index contributed by atoms with van der Waals surface area (Å²) >= 11 is 0. The van der Waals surface area contributed by atoms with Crippen LogP contribution in [0.5, 0.6) is 0 Å². The Morgan fingerprint density at radius 1 is 1.27 bits per heavy atom. The summed E-state index contributed by atoms with van der Waals surface area (Å²) in [6, 6.07) is -0.121. The summed E-state index contributed by atoms with van der Waals surface area (Å²) in [6.45, 7) is 0.432. The number of rotatable bonds is 3. The first-order valence-electron chi connectivity index (χ1n) is 5.26. The van der Waals surface area contributed by atoms with Crippen LogP contribution in [0.2, 0.25) is 0 Å². The molecular weight excluding hydrogens is 207 g/mol. The molecule has 1 unspecified atom stereocenters. The Morgan fingerprint density at radius 3 is 2.20 bits per heavy atom. The third kappa shape index (κ3) is 3.65. The quantitative estimate of drug-likeness (QED) is 0.800. The van der Waals surface area contributed by atoms with E-state index in [0.29, 0.717) is 19.4 Å². The van der Waals surface area contributed by atoms with Crippen molar-refractivity contribution in [3.05, 3.63) is 0 Å². The maximum Gasteiger partial charge on any atom is 0.391 e. The highest BCUT2D eigenvalue weighted by Gasteiger charge is 2.42.